The van der Waals surface area contributed by atoms with Crippen LogP contribution >= 0.6 is 9.24 Å². The van der Waals surface area contributed by atoms with Gasteiger partial charge in [-0.25, -0.2) is 0 Å². The molecule has 0 radical (unpaired) electrons. The predicted molar refractivity (Wildman–Crippen MR) is 48.5 cm³/mol. The molecule has 0 aliphatic rings. The molecule has 1 nitrogen and oxygen atoms in total. The van der Waals surface area contributed by atoms with Gasteiger partial charge < -0.3 is 5.32 Å². The smallest absolute Gasteiger partial charge is 0.0202 e. The van der Waals surface area contributed by atoms with Crippen LogP contribution in [0.5, 0.6) is 0 Å². The Hall–Kier alpha value is -0.390. The molecule has 0 aromatic heterocycles. The summed E-state index contributed by atoms with van der Waals surface area (Å²) < 4.78 is 0. The molecule has 0 aliphatic heterocycles. The minimum Gasteiger partial charge on any atom is -0.316 e. The third-order valence-corrected chi connectivity index (χ3v) is 1.75. The van der Waals surface area contributed by atoms with Crippen LogP contribution in [0.3, 0.4) is 0 Å². The van der Waals surface area contributed by atoms with Crippen LogP contribution in [0.25, 0.3) is 0 Å². The molecule has 0 amide bonds. The second kappa shape index (κ2) is 3.70. The number of nitrogens with one attached hydrogen (secondary N) is 1. The molecule has 0 spiro atoms. The summed E-state index contributed by atoms with van der Waals surface area (Å²) in [5, 5.41) is 4.33. The van der Waals surface area contributed by atoms with E-state index in [0.717, 1.165) is 6.54 Å². The average Bonchev–Trinajstić information content (AvgIpc) is 1.95. The van der Waals surface area contributed by atoms with E-state index in [-0.39, 0.29) is 0 Å². The first-order valence-corrected chi connectivity index (χ1v) is 3.89. The fraction of sp³-hybridized carbons (Fsp3) is 0.250. The van der Waals surface area contributed by atoms with E-state index in [0.29, 0.717) is 0 Å². The molecule has 0 heterocycles. The molecule has 1 aromatic rings. The van der Waals surface area contributed by atoms with Crippen LogP contribution in [0.15, 0.2) is 24.3 Å². The maximum absolute atomic E-state index is 3.10. The van der Waals surface area contributed by atoms with E-state index in [9.17, 15) is 0 Å². The quantitative estimate of drug-likeness (QED) is 0.622. The molecular weight excluding hydrogens is 141 g/mol. The van der Waals surface area contributed by atoms with E-state index < -0.39 is 0 Å². The first kappa shape index (κ1) is 7.71. The molecule has 1 aromatic carbocycles. The molecule has 0 fully saturated rings. The highest BCUT2D eigenvalue weighted by Crippen LogP contribution is 1.97. The molecule has 1 atom stereocenters. The SMILES string of the molecule is CNCc1ccc(P)cc1. The predicted octanol–water partition coefficient (Wildman–Crippen LogP) is 0.906. The minimum atomic E-state index is 0.949. The summed E-state index contributed by atoms with van der Waals surface area (Å²) in [6.45, 7) is 0.949. The van der Waals surface area contributed by atoms with E-state index in [4.69, 9.17) is 0 Å². The monoisotopic (exact) mass is 153 g/mol. The van der Waals surface area contributed by atoms with Crippen LogP contribution in [0, 0.1) is 0 Å². The summed E-state index contributed by atoms with van der Waals surface area (Å²) in [6, 6.07) is 8.44. The van der Waals surface area contributed by atoms with Gasteiger partial charge in [0.25, 0.3) is 0 Å². The van der Waals surface area contributed by atoms with E-state index in [1.54, 1.807) is 0 Å². The van der Waals surface area contributed by atoms with Gasteiger partial charge in [0.2, 0.25) is 0 Å². The molecule has 10 heavy (non-hydrogen) atoms. The number of rotatable bonds is 2. The zero-order valence-corrected chi connectivity index (χ0v) is 7.25. The lowest BCUT2D eigenvalue weighted by molar-refractivity contribution is 0.818. The Morgan fingerprint density at radius 1 is 1.30 bits per heavy atom. The zero-order valence-electron chi connectivity index (χ0n) is 6.09. The van der Waals surface area contributed by atoms with Crippen molar-refractivity contribution in [3.63, 3.8) is 0 Å². The number of hydrogen-bond donors (Lipinski definition) is 1. The molecule has 0 saturated carbocycles. The lowest BCUT2D eigenvalue weighted by Crippen LogP contribution is -2.05. The van der Waals surface area contributed by atoms with Crippen LogP contribution in [0.2, 0.25) is 0 Å². The number of hydrogen-bond acceptors (Lipinski definition) is 1. The Balaban J connectivity index is 2.69. The molecule has 1 unspecified atom stereocenters. The number of benzene rings is 1. The van der Waals surface area contributed by atoms with Gasteiger partial charge in [-0.2, -0.15) is 0 Å². The first-order valence-electron chi connectivity index (χ1n) is 3.32. The van der Waals surface area contributed by atoms with Crippen LogP contribution < -0.4 is 10.6 Å². The van der Waals surface area contributed by atoms with Crippen molar-refractivity contribution in [2.24, 2.45) is 0 Å². The third kappa shape index (κ3) is 2.09. The Morgan fingerprint density at radius 3 is 2.40 bits per heavy atom. The Bertz CT molecular complexity index is 193. The third-order valence-electron chi connectivity index (χ3n) is 1.36. The lowest BCUT2D eigenvalue weighted by Gasteiger charge is -1.98. The average molecular weight is 153 g/mol. The van der Waals surface area contributed by atoms with Crippen LogP contribution in [0.1, 0.15) is 5.56 Å². The molecule has 2 heteroatoms. The molecule has 0 bridgehead atoms. The van der Waals surface area contributed by atoms with Crippen LogP contribution in [-0.4, -0.2) is 7.05 Å². The molecule has 0 saturated heterocycles. The Morgan fingerprint density at radius 2 is 1.90 bits per heavy atom. The van der Waals surface area contributed by atoms with Crippen molar-refractivity contribution >= 4 is 14.5 Å². The second-order valence-electron chi connectivity index (χ2n) is 2.27. The maximum Gasteiger partial charge on any atom is 0.0202 e. The Kier molecular flexibility index (Phi) is 2.85. The van der Waals surface area contributed by atoms with Gasteiger partial charge in [-0.05, 0) is 17.9 Å². The summed E-state index contributed by atoms with van der Waals surface area (Å²) in [7, 11) is 4.62. The van der Waals surface area contributed by atoms with Gasteiger partial charge in [0, 0.05) is 6.54 Å². The van der Waals surface area contributed by atoms with E-state index in [1.165, 1.54) is 10.9 Å². The highest BCUT2D eigenvalue weighted by molar-refractivity contribution is 7.27. The second-order valence-corrected chi connectivity index (χ2v) is 2.94. The van der Waals surface area contributed by atoms with E-state index in [2.05, 4.69) is 38.8 Å². The summed E-state index contributed by atoms with van der Waals surface area (Å²) in [5.74, 6) is 0. The maximum atomic E-state index is 3.10. The normalized spacial score (nSPS) is 9.80. The first-order chi connectivity index (χ1) is 4.83. The summed E-state index contributed by atoms with van der Waals surface area (Å²) in [6.07, 6.45) is 0. The molecule has 0 aliphatic carbocycles. The van der Waals surface area contributed by atoms with Gasteiger partial charge in [-0.15, -0.1) is 9.24 Å². The van der Waals surface area contributed by atoms with Crippen LogP contribution in [0.4, 0.5) is 0 Å². The molecule has 54 valence electrons. The van der Waals surface area contributed by atoms with Gasteiger partial charge in [0.1, 0.15) is 0 Å². The molecular formula is C8H12NP. The van der Waals surface area contributed by atoms with E-state index >= 15 is 0 Å². The summed E-state index contributed by atoms with van der Waals surface area (Å²) in [4.78, 5) is 0. The van der Waals surface area contributed by atoms with Crippen molar-refractivity contribution in [2.75, 3.05) is 7.05 Å². The largest absolute Gasteiger partial charge is 0.316 e. The van der Waals surface area contributed by atoms with Gasteiger partial charge in [-0.1, -0.05) is 24.3 Å². The fourth-order valence-corrected chi connectivity index (χ4v) is 1.03. The van der Waals surface area contributed by atoms with Gasteiger partial charge >= 0.3 is 0 Å². The van der Waals surface area contributed by atoms with Gasteiger partial charge in [0.15, 0.2) is 0 Å². The highest BCUT2D eigenvalue weighted by atomic mass is 31.0. The molecule has 1 N–H and O–H groups in total. The van der Waals surface area contributed by atoms with Crippen molar-refractivity contribution in [3.05, 3.63) is 29.8 Å². The molecule has 1 rings (SSSR count). The Labute approximate surface area is 64.0 Å². The topological polar surface area (TPSA) is 12.0 Å². The fourth-order valence-electron chi connectivity index (χ4n) is 0.840. The highest BCUT2D eigenvalue weighted by Gasteiger charge is 1.87. The van der Waals surface area contributed by atoms with Gasteiger partial charge in [-0.3, -0.25) is 0 Å². The lowest BCUT2D eigenvalue weighted by atomic mass is 10.2. The van der Waals surface area contributed by atoms with Crippen molar-refractivity contribution in [3.8, 4) is 0 Å². The van der Waals surface area contributed by atoms with Crippen LogP contribution in [-0.2, 0) is 6.54 Å². The summed E-state index contributed by atoms with van der Waals surface area (Å²) in [5.41, 5.74) is 1.33. The van der Waals surface area contributed by atoms with Gasteiger partial charge in [0.05, 0.1) is 0 Å². The van der Waals surface area contributed by atoms with Crippen molar-refractivity contribution in [1.29, 1.82) is 0 Å². The van der Waals surface area contributed by atoms with Crippen molar-refractivity contribution in [2.45, 2.75) is 6.54 Å². The summed E-state index contributed by atoms with van der Waals surface area (Å²) >= 11 is 0. The standard InChI is InChI=1S/C8H12NP/c1-9-6-7-2-4-8(10)5-3-7/h2-5,9H,6,10H2,1H3. The zero-order chi connectivity index (χ0) is 7.40. The van der Waals surface area contributed by atoms with Crippen molar-refractivity contribution < 1.29 is 0 Å². The van der Waals surface area contributed by atoms with Crippen molar-refractivity contribution in [1.82, 2.24) is 5.32 Å². The minimum absolute atomic E-state index is 0.949. The van der Waals surface area contributed by atoms with E-state index in [1.807, 2.05) is 7.05 Å².